The molecule has 6 heteroatoms. The van der Waals surface area contributed by atoms with Gasteiger partial charge in [-0.3, -0.25) is 4.79 Å². The summed E-state index contributed by atoms with van der Waals surface area (Å²) in [5, 5.41) is 12.6. The van der Waals surface area contributed by atoms with E-state index in [0.717, 1.165) is 17.4 Å². The highest BCUT2D eigenvalue weighted by Crippen LogP contribution is 2.26. The van der Waals surface area contributed by atoms with Crippen molar-refractivity contribution < 1.29 is 0 Å². The number of nitrogens with zero attached hydrogens (tertiary/aromatic N) is 3. The zero-order valence-electron chi connectivity index (χ0n) is 12.5. The third-order valence-electron chi connectivity index (χ3n) is 3.06. The fraction of sp³-hybridized carbons (Fsp3) is 0.500. The molecule has 0 aromatic carbocycles. The van der Waals surface area contributed by atoms with Crippen LogP contribution in [-0.4, -0.2) is 21.3 Å². The molecule has 0 saturated heterocycles. The minimum Gasteiger partial charge on any atom is -0.360 e. The Kier molecular flexibility index (Phi) is 3.94. The second-order valence-electron chi connectivity index (χ2n) is 5.69. The van der Waals surface area contributed by atoms with Crippen molar-refractivity contribution in [1.82, 2.24) is 14.8 Å². The van der Waals surface area contributed by atoms with Gasteiger partial charge in [0.25, 0.3) is 5.56 Å². The Morgan fingerprint density at radius 1 is 1.30 bits per heavy atom. The number of hydrogen-bond acceptors (Lipinski definition) is 5. The van der Waals surface area contributed by atoms with E-state index in [9.17, 15) is 4.79 Å². The highest BCUT2D eigenvalue weighted by molar-refractivity contribution is 7.18. The molecule has 0 amide bonds. The third-order valence-corrected chi connectivity index (χ3v) is 3.97. The lowest BCUT2D eigenvalue weighted by atomic mass is 9.91. The molecule has 20 heavy (non-hydrogen) atoms. The molecule has 0 aliphatic heterocycles. The number of hydrogen-bond donors (Lipinski definition) is 1. The lowest BCUT2D eigenvalue weighted by Gasteiger charge is -2.22. The van der Waals surface area contributed by atoms with Crippen LogP contribution in [0.3, 0.4) is 0 Å². The van der Waals surface area contributed by atoms with E-state index in [1.807, 2.05) is 19.1 Å². The van der Waals surface area contributed by atoms with Gasteiger partial charge in [-0.1, -0.05) is 32.1 Å². The van der Waals surface area contributed by atoms with Gasteiger partial charge >= 0.3 is 0 Å². The maximum atomic E-state index is 12.5. The van der Waals surface area contributed by atoms with Crippen molar-refractivity contribution in [3.8, 4) is 10.6 Å². The van der Waals surface area contributed by atoms with Crippen LogP contribution in [0, 0.1) is 0 Å². The van der Waals surface area contributed by atoms with E-state index >= 15 is 0 Å². The molecule has 0 radical (unpaired) electrons. The average molecular weight is 292 g/mol. The van der Waals surface area contributed by atoms with Gasteiger partial charge in [0, 0.05) is 24.7 Å². The van der Waals surface area contributed by atoms with E-state index in [0.29, 0.717) is 10.6 Å². The summed E-state index contributed by atoms with van der Waals surface area (Å²) in [4.78, 5) is 12.5. The minimum absolute atomic E-state index is 0.0309. The van der Waals surface area contributed by atoms with Gasteiger partial charge in [0.1, 0.15) is 0 Å². The number of anilines is 1. The minimum atomic E-state index is -0.0670. The summed E-state index contributed by atoms with van der Waals surface area (Å²) in [6.07, 6.45) is 0. The Morgan fingerprint density at radius 3 is 2.60 bits per heavy atom. The topological polar surface area (TPSA) is 59.8 Å². The predicted molar refractivity (Wildman–Crippen MR) is 83.4 cm³/mol. The van der Waals surface area contributed by atoms with Crippen molar-refractivity contribution in [2.75, 3.05) is 11.9 Å². The van der Waals surface area contributed by atoms with Gasteiger partial charge in [0.15, 0.2) is 5.01 Å². The van der Waals surface area contributed by atoms with E-state index < -0.39 is 0 Å². The molecule has 1 N–H and O–H groups in total. The third kappa shape index (κ3) is 2.75. The smallest absolute Gasteiger partial charge is 0.260 e. The Bertz CT molecular complexity index is 667. The molecule has 0 aliphatic rings. The van der Waals surface area contributed by atoms with Gasteiger partial charge in [-0.05, 0) is 19.1 Å². The summed E-state index contributed by atoms with van der Waals surface area (Å²) in [5.74, 6) is 0. The molecule has 0 saturated carbocycles. The molecule has 0 spiro atoms. The van der Waals surface area contributed by atoms with Crippen molar-refractivity contribution in [2.45, 2.75) is 33.1 Å². The molecule has 5 nitrogen and oxygen atoms in total. The Labute approximate surface area is 122 Å². The van der Waals surface area contributed by atoms with Crippen molar-refractivity contribution in [2.24, 2.45) is 7.05 Å². The maximum absolute atomic E-state index is 12.5. The first-order valence-electron chi connectivity index (χ1n) is 6.63. The SMILES string of the molecule is CCNc1nnc(-c2ccc(C(C)(C)C)n(C)c2=O)s1. The zero-order chi connectivity index (χ0) is 14.9. The normalized spacial score (nSPS) is 11.7. The van der Waals surface area contributed by atoms with Crippen molar-refractivity contribution in [3.05, 3.63) is 28.2 Å². The van der Waals surface area contributed by atoms with Crippen molar-refractivity contribution >= 4 is 16.5 Å². The predicted octanol–water partition coefficient (Wildman–Crippen LogP) is 2.63. The Balaban J connectivity index is 2.48. The summed E-state index contributed by atoms with van der Waals surface area (Å²) >= 11 is 1.40. The summed E-state index contributed by atoms with van der Waals surface area (Å²) < 4.78 is 1.70. The van der Waals surface area contributed by atoms with Crippen LogP contribution in [0.15, 0.2) is 16.9 Å². The monoisotopic (exact) mass is 292 g/mol. The second kappa shape index (κ2) is 5.36. The number of aromatic nitrogens is 3. The van der Waals surface area contributed by atoms with Gasteiger partial charge in [0.05, 0.1) is 5.56 Å². The lowest BCUT2D eigenvalue weighted by molar-refractivity contribution is 0.531. The largest absolute Gasteiger partial charge is 0.360 e. The van der Waals surface area contributed by atoms with E-state index in [-0.39, 0.29) is 11.0 Å². The molecule has 0 bridgehead atoms. The van der Waals surface area contributed by atoms with E-state index in [2.05, 4.69) is 36.3 Å². The van der Waals surface area contributed by atoms with Crippen LogP contribution in [0.5, 0.6) is 0 Å². The van der Waals surface area contributed by atoms with Crippen LogP contribution in [0.2, 0.25) is 0 Å². The summed E-state index contributed by atoms with van der Waals surface area (Å²) in [6, 6.07) is 3.84. The average Bonchev–Trinajstić information content (AvgIpc) is 2.80. The van der Waals surface area contributed by atoms with Crippen LogP contribution < -0.4 is 10.9 Å². The fourth-order valence-electron chi connectivity index (χ4n) is 2.11. The van der Waals surface area contributed by atoms with Gasteiger partial charge in [-0.15, -0.1) is 10.2 Å². The van der Waals surface area contributed by atoms with E-state index in [1.54, 1.807) is 11.6 Å². The van der Waals surface area contributed by atoms with Crippen LogP contribution in [0.4, 0.5) is 5.13 Å². The number of rotatable bonds is 3. The zero-order valence-corrected chi connectivity index (χ0v) is 13.3. The molecular weight excluding hydrogens is 272 g/mol. The number of pyridine rings is 1. The molecule has 0 unspecified atom stereocenters. The highest BCUT2D eigenvalue weighted by Gasteiger charge is 2.20. The van der Waals surface area contributed by atoms with Crippen LogP contribution in [-0.2, 0) is 12.5 Å². The second-order valence-corrected chi connectivity index (χ2v) is 6.67. The molecule has 0 aliphatic carbocycles. The highest BCUT2D eigenvalue weighted by atomic mass is 32.1. The first kappa shape index (κ1) is 14.7. The van der Waals surface area contributed by atoms with Gasteiger partial charge in [-0.2, -0.15) is 0 Å². The molecular formula is C14H20N4OS. The molecule has 2 heterocycles. The van der Waals surface area contributed by atoms with Crippen molar-refractivity contribution in [3.63, 3.8) is 0 Å². The summed E-state index contributed by atoms with van der Waals surface area (Å²) in [5.41, 5.74) is 1.50. The molecule has 2 rings (SSSR count). The maximum Gasteiger partial charge on any atom is 0.260 e. The first-order valence-corrected chi connectivity index (χ1v) is 7.44. The first-order chi connectivity index (χ1) is 9.34. The Hall–Kier alpha value is -1.69. The Morgan fingerprint density at radius 2 is 2.00 bits per heavy atom. The standard InChI is InChI=1S/C14H20N4OS/c1-6-15-13-17-16-11(20-13)9-7-8-10(14(2,3)4)18(5)12(9)19/h7-8H,6H2,1-5H3,(H,15,17). The fourth-order valence-corrected chi connectivity index (χ4v) is 2.93. The van der Waals surface area contributed by atoms with Gasteiger partial charge < -0.3 is 9.88 Å². The molecule has 0 fully saturated rings. The summed E-state index contributed by atoms with van der Waals surface area (Å²) in [7, 11) is 1.80. The summed E-state index contributed by atoms with van der Waals surface area (Å²) in [6.45, 7) is 9.06. The number of nitrogens with one attached hydrogen (secondary N) is 1. The van der Waals surface area contributed by atoms with Crippen LogP contribution >= 0.6 is 11.3 Å². The molecule has 2 aromatic rings. The molecule has 0 atom stereocenters. The van der Waals surface area contributed by atoms with E-state index in [4.69, 9.17) is 0 Å². The molecule has 108 valence electrons. The van der Waals surface area contributed by atoms with Gasteiger partial charge in [-0.25, -0.2) is 0 Å². The lowest BCUT2D eigenvalue weighted by Crippen LogP contribution is -2.28. The quantitative estimate of drug-likeness (QED) is 0.944. The van der Waals surface area contributed by atoms with Crippen LogP contribution in [0.25, 0.3) is 10.6 Å². The van der Waals surface area contributed by atoms with Crippen molar-refractivity contribution in [1.29, 1.82) is 0 Å². The van der Waals surface area contributed by atoms with Gasteiger partial charge in [0.2, 0.25) is 5.13 Å². The van der Waals surface area contributed by atoms with E-state index in [1.165, 1.54) is 11.3 Å². The van der Waals surface area contributed by atoms with Crippen LogP contribution in [0.1, 0.15) is 33.4 Å². The molecule has 2 aromatic heterocycles.